The molecule has 0 saturated carbocycles. The predicted molar refractivity (Wildman–Crippen MR) is 114 cm³/mol. The molecule has 0 spiro atoms. The fourth-order valence-corrected chi connectivity index (χ4v) is 5.76. The number of rotatable bonds is 3. The molecular formula is C21H31Cl2N3O2. The monoisotopic (exact) mass is 427 g/mol. The van der Waals surface area contributed by atoms with Crippen LogP contribution in [0.25, 0.3) is 0 Å². The van der Waals surface area contributed by atoms with Crippen molar-refractivity contribution in [3.8, 4) is 0 Å². The molecule has 5 rings (SSSR count). The third kappa shape index (κ3) is 3.92. The van der Waals surface area contributed by atoms with Gasteiger partial charge in [-0.25, -0.2) is 0 Å². The highest BCUT2D eigenvalue weighted by atomic mass is 35.5. The van der Waals surface area contributed by atoms with E-state index >= 15 is 0 Å². The first-order chi connectivity index (χ1) is 12.8. The molecule has 1 aromatic rings. The summed E-state index contributed by atoms with van der Waals surface area (Å²) in [4.78, 5) is 15.6. The average molecular weight is 428 g/mol. The SMILES string of the molecule is Cl.Cl.O=C(NC[C@H]1[C@@H]2CNC[C@@H](C2)[C@@H]2CCCCN21)c1cccc2c1COC2. The van der Waals surface area contributed by atoms with Gasteiger partial charge in [0.15, 0.2) is 0 Å². The van der Waals surface area contributed by atoms with Crippen molar-refractivity contribution in [1.29, 1.82) is 0 Å². The van der Waals surface area contributed by atoms with Gasteiger partial charge >= 0.3 is 0 Å². The number of carbonyl (C=O) groups excluding carboxylic acids is 1. The van der Waals surface area contributed by atoms with Crippen molar-refractivity contribution in [2.24, 2.45) is 11.8 Å². The number of hydrogen-bond donors (Lipinski definition) is 2. The van der Waals surface area contributed by atoms with E-state index in [0.29, 0.717) is 31.2 Å². The summed E-state index contributed by atoms with van der Waals surface area (Å²) in [6.45, 7) is 5.42. The highest BCUT2D eigenvalue weighted by molar-refractivity contribution is 5.96. The molecular weight excluding hydrogens is 397 g/mol. The van der Waals surface area contributed by atoms with Crippen LogP contribution in [-0.4, -0.2) is 49.1 Å². The molecule has 1 aromatic carbocycles. The molecule has 156 valence electrons. The lowest BCUT2D eigenvalue weighted by molar-refractivity contribution is -0.0371. The normalized spacial score (nSPS) is 31.0. The Morgan fingerprint density at radius 3 is 2.93 bits per heavy atom. The van der Waals surface area contributed by atoms with E-state index in [1.165, 1.54) is 38.8 Å². The Kier molecular flexibility index (Phi) is 7.26. The Hall–Kier alpha value is -0.850. The summed E-state index contributed by atoms with van der Waals surface area (Å²) in [7, 11) is 0. The molecule has 3 fully saturated rings. The van der Waals surface area contributed by atoms with Gasteiger partial charge in [0, 0.05) is 24.2 Å². The zero-order valence-corrected chi connectivity index (χ0v) is 17.8. The highest BCUT2D eigenvalue weighted by Crippen LogP contribution is 2.38. The maximum absolute atomic E-state index is 12.9. The van der Waals surface area contributed by atoms with Gasteiger partial charge in [-0.05, 0) is 67.9 Å². The number of piperidine rings is 3. The second kappa shape index (κ2) is 9.31. The van der Waals surface area contributed by atoms with Crippen molar-refractivity contribution in [3.05, 3.63) is 34.9 Å². The minimum Gasteiger partial charge on any atom is -0.372 e. The van der Waals surface area contributed by atoms with Gasteiger partial charge in [0.2, 0.25) is 0 Å². The van der Waals surface area contributed by atoms with Gasteiger partial charge in [-0.1, -0.05) is 18.6 Å². The van der Waals surface area contributed by atoms with Crippen LogP contribution < -0.4 is 10.6 Å². The van der Waals surface area contributed by atoms with Crippen molar-refractivity contribution in [2.75, 3.05) is 26.2 Å². The Balaban J connectivity index is 0.00000112. The number of carbonyl (C=O) groups is 1. The fraction of sp³-hybridized carbons (Fsp3) is 0.667. The lowest BCUT2D eigenvalue weighted by Crippen LogP contribution is -2.65. The molecule has 7 heteroatoms. The van der Waals surface area contributed by atoms with Crippen LogP contribution in [0.3, 0.4) is 0 Å². The average Bonchev–Trinajstić information content (AvgIpc) is 3.17. The number of amides is 1. The van der Waals surface area contributed by atoms with Crippen LogP contribution in [0.2, 0.25) is 0 Å². The maximum atomic E-state index is 12.9. The van der Waals surface area contributed by atoms with Gasteiger partial charge in [0.25, 0.3) is 5.91 Å². The Labute approximate surface area is 179 Å². The van der Waals surface area contributed by atoms with Gasteiger partial charge in [-0.2, -0.15) is 0 Å². The summed E-state index contributed by atoms with van der Waals surface area (Å²) in [6, 6.07) is 7.16. The van der Waals surface area contributed by atoms with Crippen LogP contribution >= 0.6 is 24.8 Å². The van der Waals surface area contributed by atoms with Crippen LogP contribution in [0.4, 0.5) is 0 Å². The third-order valence-electron chi connectivity index (χ3n) is 7.02. The predicted octanol–water partition coefficient (Wildman–Crippen LogP) is 2.75. The number of ether oxygens (including phenoxy) is 1. The molecule has 0 aromatic heterocycles. The van der Waals surface area contributed by atoms with Crippen LogP contribution in [0, 0.1) is 11.8 Å². The zero-order valence-electron chi connectivity index (χ0n) is 16.2. The van der Waals surface area contributed by atoms with E-state index in [0.717, 1.165) is 35.7 Å². The second-order valence-electron chi connectivity index (χ2n) is 8.43. The van der Waals surface area contributed by atoms with Crippen molar-refractivity contribution in [3.63, 3.8) is 0 Å². The second-order valence-corrected chi connectivity index (χ2v) is 8.43. The van der Waals surface area contributed by atoms with Crippen molar-refractivity contribution >= 4 is 30.7 Å². The molecule has 2 bridgehead atoms. The van der Waals surface area contributed by atoms with E-state index in [1.807, 2.05) is 12.1 Å². The number of benzene rings is 1. The summed E-state index contributed by atoms with van der Waals surface area (Å²) in [5, 5.41) is 6.92. The fourth-order valence-electron chi connectivity index (χ4n) is 5.76. The Morgan fingerprint density at radius 2 is 2.04 bits per heavy atom. The van der Waals surface area contributed by atoms with E-state index in [1.54, 1.807) is 0 Å². The van der Waals surface area contributed by atoms with Crippen LogP contribution in [0.5, 0.6) is 0 Å². The zero-order chi connectivity index (χ0) is 17.5. The smallest absolute Gasteiger partial charge is 0.251 e. The van der Waals surface area contributed by atoms with E-state index < -0.39 is 0 Å². The van der Waals surface area contributed by atoms with Crippen molar-refractivity contribution < 1.29 is 9.53 Å². The van der Waals surface area contributed by atoms with E-state index in [2.05, 4.69) is 21.6 Å². The minimum atomic E-state index is 0. The van der Waals surface area contributed by atoms with Gasteiger partial charge in [0.05, 0.1) is 13.2 Å². The lowest BCUT2D eigenvalue weighted by Gasteiger charge is -2.55. The van der Waals surface area contributed by atoms with Crippen molar-refractivity contribution in [2.45, 2.75) is 51.0 Å². The van der Waals surface area contributed by atoms with Crippen molar-refractivity contribution in [1.82, 2.24) is 15.5 Å². The first-order valence-electron chi connectivity index (χ1n) is 10.2. The molecule has 0 aliphatic carbocycles. The molecule has 0 radical (unpaired) electrons. The highest BCUT2D eigenvalue weighted by Gasteiger charge is 2.45. The first kappa shape index (κ1) is 21.8. The van der Waals surface area contributed by atoms with Crippen LogP contribution in [0.15, 0.2) is 18.2 Å². The maximum Gasteiger partial charge on any atom is 0.251 e. The third-order valence-corrected chi connectivity index (χ3v) is 7.02. The number of hydrogen-bond acceptors (Lipinski definition) is 4. The summed E-state index contributed by atoms with van der Waals surface area (Å²) in [5.41, 5.74) is 3.03. The van der Waals surface area contributed by atoms with E-state index in [4.69, 9.17) is 4.74 Å². The molecule has 4 heterocycles. The van der Waals surface area contributed by atoms with Gasteiger partial charge in [-0.3, -0.25) is 9.69 Å². The molecule has 2 N–H and O–H groups in total. The molecule has 1 amide bonds. The molecule has 4 atom stereocenters. The molecule has 4 aliphatic heterocycles. The van der Waals surface area contributed by atoms with Crippen LogP contribution in [0.1, 0.15) is 47.2 Å². The standard InChI is InChI=1S/C21H29N3O2.2ClH/c25-21(17-5-3-4-14-12-26-13-18(14)17)23-11-20-16-8-15(9-22-10-16)19-6-1-2-7-24(19)20;;/h3-5,15-16,19-20,22H,1-2,6-13H2,(H,23,25);2*1H/t15-,16+,19+,20+;;/m1../s1. The van der Waals surface area contributed by atoms with Gasteiger partial charge in [-0.15, -0.1) is 24.8 Å². The summed E-state index contributed by atoms with van der Waals surface area (Å²) in [6.07, 6.45) is 5.31. The Bertz CT molecular complexity index is 702. The Morgan fingerprint density at radius 1 is 1.18 bits per heavy atom. The molecule has 28 heavy (non-hydrogen) atoms. The largest absolute Gasteiger partial charge is 0.372 e. The molecule has 0 unspecified atom stereocenters. The summed E-state index contributed by atoms with van der Waals surface area (Å²) in [5.74, 6) is 1.52. The van der Waals surface area contributed by atoms with Crippen LogP contribution in [-0.2, 0) is 18.0 Å². The van der Waals surface area contributed by atoms with Gasteiger partial charge < -0.3 is 15.4 Å². The summed E-state index contributed by atoms with van der Waals surface area (Å²) >= 11 is 0. The molecule has 5 nitrogen and oxygen atoms in total. The quantitative estimate of drug-likeness (QED) is 0.778. The minimum absolute atomic E-state index is 0. The number of fused-ring (bicyclic) bond motifs is 5. The topological polar surface area (TPSA) is 53.6 Å². The van der Waals surface area contributed by atoms with E-state index in [-0.39, 0.29) is 30.7 Å². The molecule has 4 aliphatic rings. The number of nitrogens with one attached hydrogen (secondary N) is 2. The number of halogens is 2. The molecule has 3 saturated heterocycles. The first-order valence-corrected chi connectivity index (χ1v) is 10.2. The van der Waals surface area contributed by atoms with E-state index in [9.17, 15) is 4.79 Å². The summed E-state index contributed by atoms with van der Waals surface area (Å²) < 4.78 is 5.53. The lowest BCUT2D eigenvalue weighted by atomic mass is 9.73. The van der Waals surface area contributed by atoms with Gasteiger partial charge in [0.1, 0.15) is 0 Å². The number of nitrogens with zero attached hydrogens (tertiary/aromatic N) is 1.